The molecule has 0 radical (unpaired) electrons. The number of imidazole rings is 2. The molecule has 0 atom stereocenters. The summed E-state index contributed by atoms with van der Waals surface area (Å²) in [6, 6.07) is 5.57. The van der Waals surface area contributed by atoms with Gasteiger partial charge < -0.3 is 15.3 Å². The molecule has 3 N–H and O–H groups in total. The summed E-state index contributed by atoms with van der Waals surface area (Å²) in [5.41, 5.74) is 3.99. The number of aromatic amines is 2. The van der Waals surface area contributed by atoms with Crippen molar-refractivity contribution in [1.82, 2.24) is 19.9 Å². The van der Waals surface area contributed by atoms with E-state index < -0.39 is 0 Å². The Morgan fingerprint density at radius 2 is 2.28 bits per heavy atom. The molecule has 2 heterocycles. The highest BCUT2D eigenvalue weighted by molar-refractivity contribution is 5.94. The number of para-hydroxylation sites is 1. The molecule has 0 aliphatic carbocycles. The number of nitrogens with one attached hydrogen (secondary N) is 3. The van der Waals surface area contributed by atoms with Crippen LogP contribution in [0.4, 0.5) is 5.69 Å². The number of aryl methyl sites for hydroxylation is 1. The van der Waals surface area contributed by atoms with E-state index in [0.29, 0.717) is 17.9 Å². The number of aromatic nitrogens is 4. The summed E-state index contributed by atoms with van der Waals surface area (Å²) >= 11 is 0. The predicted molar refractivity (Wildman–Crippen MR) is 68.1 cm³/mol. The van der Waals surface area contributed by atoms with Gasteiger partial charge in [0.05, 0.1) is 17.5 Å². The summed E-state index contributed by atoms with van der Waals surface area (Å²) in [6.45, 7) is 1.93. The van der Waals surface area contributed by atoms with E-state index >= 15 is 0 Å². The van der Waals surface area contributed by atoms with Gasteiger partial charge in [0, 0.05) is 5.69 Å². The van der Waals surface area contributed by atoms with Crippen LogP contribution in [-0.2, 0) is 4.79 Å². The van der Waals surface area contributed by atoms with Crippen molar-refractivity contribution in [3.63, 3.8) is 0 Å². The van der Waals surface area contributed by atoms with Gasteiger partial charge in [0.2, 0.25) is 6.41 Å². The van der Waals surface area contributed by atoms with Gasteiger partial charge in [-0.15, -0.1) is 0 Å². The molecule has 18 heavy (non-hydrogen) atoms. The molecule has 0 fully saturated rings. The third-order valence-electron chi connectivity index (χ3n) is 2.78. The molecule has 90 valence electrons. The zero-order valence-electron chi connectivity index (χ0n) is 9.69. The van der Waals surface area contributed by atoms with E-state index in [-0.39, 0.29) is 0 Å². The van der Waals surface area contributed by atoms with E-state index in [1.807, 2.05) is 19.1 Å². The van der Waals surface area contributed by atoms with Gasteiger partial charge in [-0.25, -0.2) is 9.97 Å². The highest BCUT2D eigenvalue weighted by Crippen LogP contribution is 2.25. The van der Waals surface area contributed by atoms with Crippen LogP contribution in [0.5, 0.6) is 0 Å². The predicted octanol–water partition coefficient (Wildman–Crippen LogP) is 1.83. The van der Waals surface area contributed by atoms with Crippen LogP contribution in [0, 0.1) is 6.92 Å². The van der Waals surface area contributed by atoms with Gasteiger partial charge >= 0.3 is 0 Å². The first-order chi connectivity index (χ1) is 8.79. The van der Waals surface area contributed by atoms with E-state index in [1.165, 1.54) is 0 Å². The minimum atomic E-state index is 0.642. The Kier molecular flexibility index (Phi) is 2.33. The maximum Gasteiger partial charge on any atom is 0.211 e. The van der Waals surface area contributed by atoms with Crippen molar-refractivity contribution < 1.29 is 4.79 Å². The Morgan fingerprint density at radius 1 is 1.39 bits per heavy atom. The summed E-state index contributed by atoms with van der Waals surface area (Å²) in [5.74, 6) is 0.684. The number of H-pyrrole nitrogens is 2. The van der Waals surface area contributed by atoms with Gasteiger partial charge in [-0.1, -0.05) is 6.07 Å². The third-order valence-corrected chi connectivity index (χ3v) is 2.78. The van der Waals surface area contributed by atoms with Crippen LogP contribution in [-0.4, -0.2) is 26.3 Å². The van der Waals surface area contributed by atoms with Crippen molar-refractivity contribution in [3.05, 3.63) is 30.2 Å². The summed E-state index contributed by atoms with van der Waals surface area (Å²) in [7, 11) is 0. The molecule has 6 nitrogen and oxygen atoms in total. The number of benzene rings is 1. The number of carbonyl (C=O) groups is 1. The molecule has 0 aliphatic heterocycles. The van der Waals surface area contributed by atoms with Crippen molar-refractivity contribution in [2.24, 2.45) is 0 Å². The van der Waals surface area contributed by atoms with E-state index in [0.717, 1.165) is 22.4 Å². The Labute approximate surface area is 102 Å². The number of amides is 1. The molecule has 2 aromatic heterocycles. The lowest BCUT2D eigenvalue weighted by atomic mass is 10.3. The third kappa shape index (κ3) is 1.55. The number of hydrogen-bond donors (Lipinski definition) is 3. The molecule has 0 spiro atoms. The smallest absolute Gasteiger partial charge is 0.211 e. The largest absolute Gasteiger partial charge is 0.348 e. The van der Waals surface area contributed by atoms with Gasteiger partial charge in [-0.3, -0.25) is 4.79 Å². The minimum absolute atomic E-state index is 0.642. The summed E-state index contributed by atoms with van der Waals surface area (Å²) in [4.78, 5) is 25.4. The molecule has 0 saturated carbocycles. The summed E-state index contributed by atoms with van der Waals surface area (Å²) < 4.78 is 0. The topological polar surface area (TPSA) is 86.5 Å². The fraction of sp³-hybridized carbons (Fsp3) is 0.0833. The zero-order chi connectivity index (χ0) is 12.5. The molecule has 0 saturated heterocycles. The number of fused-ring (bicyclic) bond motifs is 1. The molecule has 3 rings (SSSR count). The Hall–Kier alpha value is -2.63. The molecule has 3 aromatic rings. The van der Waals surface area contributed by atoms with Crippen LogP contribution in [0.1, 0.15) is 5.69 Å². The second-order valence-electron chi connectivity index (χ2n) is 3.93. The maximum absolute atomic E-state index is 10.5. The lowest BCUT2D eigenvalue weighted by molar-refractivity contribution is -0.105. The highest BCUT2D eigenvalue weighted by atomic mass is 16.1. The molecule has 0 aliphatic rings. The molecule has 6 heteroatoms. The molecule has 1 amide bonds. The average molecular weight is 241 g/mol. The number of nitrogens with zero attached hydrogens (tertiary/aromatic N) is 2. The highest BCUT2D eigenvalue weighted by Gasteiger charge is 2.11. The molecule has 0 unspecified atom stereocenters. The number of hydrogen-bond acceptors (Lipinski definition) is 3. The second-order valence-corrected chi connectivity index (χ2v) is 3.93. The summed E-state index contributed by atoms with van der Waals surface area (Å²) in [5, 5.41) is 2.63. The fourth-order valence-corrected chi connectivity index (χ4v) is 1.92. The second kappa shape index (κ2) is 3.99. The summed E-state index contributed by atoms with van der Waals surface area (Å²) in [6.07, 6.45) is 2.27. The van der Waals surface area contributed by atoms with Crippen molar-refractivity contribution in [3.8, 4) is 11.5 Å². The van der Waals surface area contributed by atoms with Crippen LogP contribution < -0.4 is 5.32 Å². The molecule has 0 bridgehead atoms. The molecule has 1 aromatic carbocycles. The molecular weight excluding hydrogens is 230 g/mol. The van der Waals surface area contributed by atoms with Crippen LogP contribution >= 0.6 is 0 Å². The van der Waals surface area contributed by atoms with Gasteiger partial charge in [0.1, 0.15) is 11.2 Å². The number of rotatable bonds is 3. The van der Waals surface area contributed by atoms with Crippen LogP contribution in [0.25, 0.3) is 22.6 Å². The van der Waals surface area contributed by atoms with Gasteiger partial charge in [-0.2, -0.15) is 0 Å². The van der Waals surface area contributed by atoms with Gasteiger partial charge in [0.15, 0.2) is 5.82 Å². The van der Waals surface area contributed by atoms with E-state index in [1.54, 1.807) is 12.4 Å². The first kappa shape index (κ1) is 10.5. The fourth-order valence-electron chi connectivity index (χ4n) is 1.92. The van der Waals surface area contributed by atoms with Gasteiger partial charge in [-0.05, 0) is 19.1 Å². The first-order valence-corrected chi connectivity index (χ1v) is 5.49. The zero-order valence-corrected chi connectivity index (χ0v) is 9.69. The van der Waals surface area contributed by atoms with Crippen LogP contribution in [0.3, 0.4) is 0 Å². The van der Waals surface area contributed by atoms with Crippen LogP contribution in [0.15, 0.2) is 24.5 Å². The normalized spacial score (nSPS) is 10.7. The molecular formula is C12H11N5O. The lowest BCUT2D eigenvalue weighted by Gasteiger charge is -1.97. The van der Waals surface area contributed by atoms with E-state index in [2.05, 4.69) is 25.3 Å². The monoisotopic (exact) mass is 241 g/mol. The van der Waals surface area contributed by atoms with E-state index in [9.17, 15) is 4.79 Å². The van der Waals surface area contributed by atoms with E-state index in [4.69, 9.17) is 0 Å². The number of anilines is 1. The maximum atomic E-state index is 10.5. The standard InChI is InChI=1S/C12H11N5O/c1-7-10(14-5-13-7)12-16-9-4-2-3-8(15-6-18)11(9)17-12/h2-6H,1H3,(H,13,14)(H,15,18)(H,16,17). The minimum Gasteiger partial charge on any atom is -0.348 e. The number of carbonyl (C=O) groups excluding carboxylic acids is 1. The quantitative estimate of drug-likeness (QED) is 0.611. The lowest BCUT2D eigenvalue weighted by Crippen LogP contribution is -1.94. The Balaban J connectivity index is 2.19. The first-order valence-electron chi connectivity index (χ1n) is 5.49. The SMILES string of the molecule is Cc1[nH]cnc1-c1nc2c(NC=O)cccc2[nH]1. The van der Waals surface area contributed by atoms with Crippen LogP contribution in [0.2, 0.25) is 0 Å². The van der Waals surface area contributed by atoms with Crippen molar-refractivity contribution in [1.29, 1.82) is 0 Å². The van der Waals surface area contributed by atoms with Gasteiger partial charge in [0.25, 0.3) is 0 Å². The average Bonchev–Trinajstić information content (AvgIpc) is 2.95. The Bertz CT molecular complexity index is 712. The van der Waals surface area contributed by atoms with Crippen molar-refractivity contribution in [2.45, 2.75) is 6.92 Å². The van der Waals surface area contributed by atoms with Crippen molar-refractivity contribution >= 4 is 23.1 Å². The van der Waals surface area contributed by atoms with Crippen molar-refractivity contribution in [2.75, 3.05) is 5.32 Å². The Morgan fingerprint density at radius 3 is 3.00 bits per heavy atom.